The maximum atomic E-state index is 12.5. The number of hydrogen-bond donors (Lipinski definition) is 2. The third kappa shape index (κ3) is 3.89. The van der Waals surface area contributed by atoms with Crippen LogP contribution in [0.5, 0.6) is 5.75 Å². The topological polar surface area (TPSA) is 50.4 Å². The molecule has 0 aromatic heterocycles. The highest BCUT2D eigenvalue weighted by Gasteiger charge is 2.24. The van der Waals surface area contributed by atoms with Gasteiger partial charge in [-0.2, -0.15) is 0 Å². The first-order chi connectivity index (χ1) is 11.5. The number of anilines is 1. The predicted octanol–water partition coefficient (Wildman–Crippen LogP) is 3.78. The summed E-state index contributed by atoms with van der Waals surface area (Å²) in [6.07, 6.45) is 0.735. The van der Waals surface area contributed by atoms with Crippen LogP contribution >= 0.6 is 11.6 Å². The van der Waals surface area contributed by atoms with E-state index in [0.717, 1.165) is 0 Å². The Bertz CT molecular complexity index is 746. The summed E-state index contributed by atoms with van der Waals surface area (Å²) in [7, 11) is 0. The molecule has 0 spiro atoms. The molecule has 0 bridgehead atoms. The van der Waals surface area contributed by atoms with E-state index in [1.54, 1.807) is 18.2 Å². The smallest absolute Gasteiger partial charge is 0.241 e. The van der Waals surface area contributed by atoms with Gasteiger partial charge in [-0.25, -0.2) is 0 Å². The summed E-state index contributed by atoms with van der Waals surface area (Å²) < 4.78 is 5.60. The van der Waals surface area contributed by atoms with Crippen molar-refractivity contribution in [2.45, 2.75) is 39.0 Å². The molecule has 1 amide bonds. The Balaban J connectivity index is 1.66. The van der Waals surface area contributed by atoms with Crippen molar-refractivity contribution in [3.05, 3.63) is 58.6 Å². The molecule has 0 saturated heterocycles. The molecule has 1 aliphatic heterocycles. The van der Waals surface area contributed by atoms with E-state index in [1.807, 2.05) is 26.0 Å². The van der Waals surface area contributed by atoms with Crippen molar-refractivity contribution in [1.82, 2.24) is 5.32 Å². The highest BCUT2D eigenvalue weighted by Crippen LogP contribution is 2.28. The molecule has 5 heteroatoms. The normalized spacial score (nSPS) is 16.6. The molecule has 1 unspecified atom stereocenters. The van der Waals surface area contributed by atoms with Gasteiger partial charge in [-0.05, 0) is 49.6 Å². The molecule has 1 heterocycles. The van der Waals surface area contributed by atoms with E-state index in [4.69, 9.17) is 16.3 Å². The number of rotatable bonds is 4. The first-order valence-corrected chi connectivity index (χ1v) is 8.48. The molecule has 24 heavy (non-hydrogen) atoms. The van der Waals surface area contributed by atoms with Gasteiger partial charge in [0.1, 0.15) is 5.75 Å². The lowest BCUT2D eigenvalue weighted by atomic mass is 9.95. The number of carbonyl (C=O) groups excluding carboxylic acids is 1. The van der Waals surface area contributed by atoms with Gasteiger partial charge < -0.3 is 15.4 Å². The zero-order valence-corrected chi connectivity index (χ0v) is 14.6. The van der Waals surface area contributed by atoms with Crippen molar-refractivity contribution in [3.8, 4) is 5.75 Å². The van der Waals surface area contributed by atoms with E-state index >= 15 is 0 Å². The zero-order valence-electron chi connectivity index (χ0n) is 13.8. The number of carbonyl (C=O) groups is 1. The zero-order chi connectivity index (χ0) is 17.1. The van der Waals surface area contributed by atoms with Gasteiger partial charge in [0, 0.05) is 12.2 Å². The minimum atomic E-state index is -0.245. The van der Waals surface area contributed by atoms with Crippen molar-refractivity contribution in [2.75, 3.05) is 5.32 Å². The number of benzene rings is 2. The third-order valence-corrected chi connectivity index (χ3v) is 4.26. The van der Waals surface area contributed by atoms with Crippen molar-refractivity contribution >= 4 is 23.2 Å². The van der Waals surface area contributed by atoms with Crippen molar-refractivity contribution in [2.24, 2.45) is 0 Å². The molecule has 3 rings (SSSR count). The van der Waals surface area contributed by atoms with Crippen LogP contribution in [-0.2, 0) is 17.8 Å². The first kappa shape index (κ1) is 16.8. The van der Waals surface area contributed by atoms with E-state index in [2.05, 4.69) is 22.8 Å². The van der Waals surface area contributed by atoms with E-state index < -0.39 is 0 Å². The molecule has 0 saturated carbocycles. The summed E-state index contributed by atoms with van der Waals surface area (Å²) in [6, 6.07) is 13.2. The largest absolute Gasteiger partial charge is 0.489 e. The Morgan fingerprint density at radius 3 is 2.71 bits per heavy atom. The number of fused-ring (bicyclic) bond motifs is 1. The van der Waals surface area contributed by atoms with Crippen molar-refractivity contribution in [1.29, 1.82) is 0 Å². The van der Waals surface area contributed by atoms with Gasteiger partial charge >= 0.3 is 0 Å². The Hall–Kier alpha value is -2.04. The molecule has 0 aliphatic carbocycles. The monoisotopic (exact) mass is 344 g/mol. The molecule has 2 N–H and O–H groups in total. The molecule has 0 fully saturated rings. The SMILES string of the molecule is CC(C)Oc1ccc(NC(=O)C2Cc3ccccc3CN2)cc1Cl. The summed E-state index contributed by atoms with van der Waals surface area (Å²) in [5, 5.41) is 6.69. The van der Waals surface area contributed by atoms with Crippen LogP contribution in [0.3, 0.4) is 0 Å². The molecule has 4 nitrogen and oxygen atoms in total. The van der Waals surface area contributed by atoms with Crippen LogP contribution in [0.1, 0.15) is 25.0 Å². The van der Waals surface area contributed by atoms with Crippen LogP contribution in [0.2, 0.25) is 5.02 Å². The number of ether oxygens (including phenoxy) is 1. The summed E-state index contributed by atoms with van der Waals surface area (Å²) >= 11 is 6.22. The van der Waals surface area contributed by atoms with Crippen LogP contribution in [-0.4, -0.2) is 18.1 Å². The fourth-order valence-electron chi connectivity index (χ4n) is 2.80. The van der Waals surface area contributed by atoms with Gasteiger partial charge in [-0.15, -0.1) is 0 Å². The molecular weight excluding hydrogens is 324 g/mol. The van der Waals surface area contributed by atoms with Crippen molar-refractivity contribution < 1.29 is 9.53 Å². The minimum Gasteiger partial charge on any atom is -0.489 e. The highest BCUT2D eigenvalue weighted by molar-refractivity contribution is 6.32. The number of hydrogen-bond acceptors (Lipinski definition) is 3. The van der Waals surface area contributed by atoms with Gasteiger partial charge in [-0.3, -0.25) is 4.79 Å². The molecule has 126 valence electrons. The summed E-state index contributed by atoms with van der Waals surface area (Å²) in [5.41, 5.74) is 3.14. The molecule has 1 atom stereocenters. The second-order valence-electron chi connectivity index (χ2n) is 6.21. The minimum absolute atomic E-state index is 0.0504. The average Bonchev–Trinajstić information content (AvgIpc) is 2.56. The van der Waals surface area contributed by atoms with E-state index in [-0.39, 0.29) is 18.1 Å². The van der Waals surface area contributed by atoms with Gasteiger partial charge in [-0.1, -0.05) is 35.9 Å². The Kier molecular flexibility index (Phi) is 5.07. The summed E-state index contributed by atoms with van der Waals surface area (Å²) in [6.45, 7) is 4.59. The Morgan fingerprint density at radius 2 is 2.00 bits per heavy atom. The van der Waals surface area contributed by atoms with Gasteiger partial charge in [0.25, 0.3) is 0 Å². The fraction of sp³-hybridized carbons (Fsp3) is 0.316. The molecule has 0 radical (unpaired) electrons. The Labute approximate surface area is 147 Å². The third-order valence-electron chi connectivity index (χ3n) is 3.96. The first-order valence-electron chi connectivity index (χ1n) is 8.10. The second-order valence-corrected chi connectivity index (χ2v) is 6.61. The quantitative estimate of drug-likeness (QED) is 0.887. The second kappa shape index (κ2) is 7.24. The molecular formula is C19H21ClN2O2. The summed E-state index contributed by atoms with van der Waals surface area (Å²) in [4.78, 5) is 12.5. The highest BCUT2D eigenvalue weighted by atomic mass is 35.5. The van der Waals surface area contributed by atoms with E-state index in [0.29, 0.717) is 29.4 Å². The number of halogens is 1. The number of nitrogens with one attached hydrogen (secondary N) is 2. The average molecular weight is 345 g/mol. The molecule has 1 aliphatic rings. The van der Waals surface area contributed by atoms with Gasteiger partial charge in [0.2, 0.25) is 5.91 Å². The lowest BCUT2D eigenvalue weighted by molar-refractivity contribution is -0.118. The predicted molar refractivity (Wildman–Crippen MR) is 96.6 cm³/mol. The van der Waals surface area contributed by atoms with Crippen LogP contribution in [0.4, 0.5) is 5.69 Å². The maximum Gasteiger partial charge on any atom is 0.241 e. The van der Waals surface area contributed by atoms with Gasteiger partial charge in [0.15, 0.2) is 0 Å². The Morgan fingerprint density at radius 1 is 1.25 bits per heavy atom. The number of amides is 1. The molecule has 2 aromatic rings. The fourth-order valence-corrected chi connectivity index (χ4v) is 3.02. The van der Waals surface area contributed by atoms with Crippen LogP contribution in [0, 0.1) is 0 Å². The molecule has 2 aromatic carbocycles. The standard InChI is InChI=1S/C19H21ClN2O2/c1-12(2)24-18-8-7-15(10-16(18)20)22-19(23)17-9-13-5-3-4-6-14(13)11-21-17/h3-8,10,12,17,21H,9,11H2,1-2H3,(H,22,23). The van der Waals surface area contributed by atoms with E-state index in [1.165, 1.54) is 11.1 Å². The van der Waals surface area contributed by atoms with Crippen LogP contribution in [0.25, 0.3) is 0 Å². The summed E-state index contributed by atoms with van der Waals surface area (Å²) in [5.74, 6) is 0.562. The van der Waals surface area contributed by atoms with E-state index in [9.17, 15) is 4.79 Å². The lowest BCUT2D eigenvalue weighted by Crippen LogP contribution is -2.44. The van der Waals surface area contributed by atoms with Crippen LogP contribution < -0.4 is 15.4 Å². The van der Waals surface area contributed by atoms with Crippen molar-refractivity contribution in [3.63, 3.8) is 0 Å². The van der Waals surface area contributed by atoms with Gasteiger partial charge in [0.05, 0.1) is 17.2 Å². The van der Waals surface area contributed by atoms with Crippen LogP contribution in [0.15, 0.2) is 42.5 Å². The lowest BCUT2D eigenvalue weighted by Gasteiger charge is -2.25. The maximum absolute atomic E-state index is 12.5.